The second-order valence-corrected chi connectivity index (χ2v) is 7.59. The molecule has 0 spiro atoms. The van der Waals surface area contributed by atoms with Crippen molar-refractivity contribution in [2.75, 3.05) is 19.0 Å². The van der Waals surface area contributed by atoms with Crippen LogP contribution in [0.3, 0.4) is 0 Å². The lowest BCUT2D eigenvalue weighted by atomic mass is 10.1. The first-order chi connectivity index (χ1) is 14.5. The largest absolute Gasteiger partial charge is 0.493 e. The van der Waals surface area contributed by atoms with Gasteiger partial charge < -0.3 is 19.5 Å². The fourth-order valence-corrected chi connectivity index (χ4v) is 3.38. The molecule has 3 aromatic carbocycles. The molecule has 0 aliphatic carbocycles. The molecule has 156 valence electrons. The molecule has 1 N–H and O–H groups in total. The smallest absolute Gasteiger partial charge is 0.255 e. The summed E-state index contributed by atoms with van der Waals surface area (Å²) in [5.74, 6) is 2.32. The zero-order valence-corrected chi connectivity index (χ0v) is 18.8. The van der Waals surface area contributed by atoms with E-state index in [1.165, 1.54) is 0 Å². The summed E-state index contributed by atoms with van der Waals surface area (Å²) in [5.41, 5.74) is 2.25. The Kier molecular flexibility index (Phi) is 7.36. The number of carbonyl (C=O) groups excluding carboxylic acids is 1. The molecule has 0 aromatic heterocycles. The van der Waals surface area contributed by atoms with Crippen molar-refractivity contribution >= 4 is 27.5 Å². The van der Waals surface area contributed by atoms with E-state index in [2.05, 4.69) is 21.2 Å². The number of benzene rings is 3. The van der Waals surface area contributed by atoms with E-state index in [1.54, 1.807) is 31.4 Å². The first-order valence-corrected chi connectivity index (χ1v) is 10.5. The van der Waals surface area contributed by atoms with Crippen molar-refractivity contribution in [1.82, 2.24) is 0 Å². The van der Waals surface area contributed by atoms with Gasteiger partial charge >= 0.3 is 0 Å². The molecular weight excluding hydrogens is 446 g/mol. The fourth-order valence-electron chi connectivity index (χ4n) is 2.82. The summed E-state index contributed by atoms with van der Waals surface area (Å²) in [4.78, 5) is 12.7. The highest BCUT2D eigenvalue weighted by atomic mass is 79.9. The number of hydrogen-bond donors (Lipinski definition) is 1. The van der Waals surface area contributed by atoms with Gasteiger partial charge in [-0.3, -0.25) is 4.79 Å². The highest BCUT2D eigenvalue weighted by Crippen LogP contribution is 2.37. The van der Waals surface area contributed by atoms with Gasteiger partial charge in [0.15, 0.2) is 11.5 Å². The maximum Gasteiger partial charge on any atom is 0.255 e. The van der Waals surface area contributed by atoms with E-state index in [4.69, 9.17) is 14.2 Å². The Morgan fingerprint density at radius 3 is 2.47 bits per heavy atom. The summed E-state index contributed by atoms with van der Waals surface area (Å²) in [7, 11) is 1.55. The number of carbonyl (C=O) groups is 1. The third kappa shape index (κ3) is 5.54. The summed E-state index contributed by atoms with van der Waals surface area (Å²) in [5, 5.41) is 2.89. The molecule has 0 saturated carbocycles. The van der Waals surface area contributed by atoms with Gasteiger partial charge in [0.05, 0.1) is 18.2 Å². The maximum absolute atomic E-state index is 12.7. The van der Waals surface area contributed by atoms with Gasteiger partial charge in [0.25, 0.3) is 5.91 Å². The molecule has 0 fully saturated rings. The van der Waals surface area contributed by atoms with E-state index >= 15 is 0 Å². The molecule has 0 aliphatic rings. The zero-order chi connectivity index (χ0) is 21.5. The molecule has 0 radical (unpaired) electrons. The van der Waals surface area contributed by atoms with Gasteiger partial charge in [-0.2, -0.15) is 0 Å². The second kappa shape index (κ2) is 10.2. The molecule has 0 aliphatic heterocycles. The van der Waals surface area contributed by atoms with Gasteiger partial charge in [0, 0.05) is 11.3 Å². The topological polar surface area (TPSA) is 56.8 Å². The van der Waals surface area contributed by atoms with E-state index in [-0.39, 0.29) is 5.91 Å². The second-order valence-electron chi connectivity index (χ2n) is 6.73. The third-order valence-electron chi connectivity index (χ3n) is 4.28. The van der Waals surface area contributed by atoms with E-state index < -0.39 is 0 Å². The van der Waals surface area contributed by atoms with Gasteiger partial charge in [-0.15, -0.1) is 0 Å². The first kappa shape index (κ1) is 21.7. The number of rotatable bonds is 8. The number of anilines is 1. The van der Waals surface area contributed by atoms with Crippen LogP contribution in [0, 0.1) is 6.92 Å². The molecule has 0 heterocycles. The predicted octanol–water partition coefficient (Wildman–Crippen LogP) is 6.60. The Labute approximate surface area is 185 Å². The van der Waals surface area contributed by atoms with Crippen molar-refractivity contribution in [3.8, 4) is 23.0 Å². The Morgan fingerprint density at radius 2 is 1.80 bits per heavy atom. The average molecular weight is 470 g/mol. The third-order valence-corrected chi connectivity index (χ3v) is 4.87. The SMILES string of the molecule is CCCOc1c(Br)cc(C(=O)Nc2ccc(Oc3cccc(C)c3)cc2)cc1OC. The molecule has 0 unspecified atom stereocenters. The van der Waals surface area contributed by atoms with Crippen LogP contribution < -0.4 is 19.5 Å². The molecular formula is C24H24BrNO4. The van der Waals surface area contributed by atoms with Crippen LogP contribution in [0.1, 0.15) is 29.3 Å². The van der Waals surface area contributed by atoms with Crippen LogP contribution in [0.15, 0.2) is 65.1 Å². The molecule has 1 amide bonds. The van der Waals surface area contributed by atoms with E-state index in [9.17, 15) is 4.79 Å². The summed E-state index contributed by atoms with van der Waals surface area (Å²) >= 11 is 3.47. The number of nitrogens with one attached hydrogen (secondary N) is 1. The van der Waals surface area contributed by atoms with E-state index in [0.717, 1.165) is 17.7 Å². The van der Waals surface area contributed by atoms with Crippen LogP contribution in [-0.4, -0.2) is 19.6 Å². The van der Waals surface area contributed by atoms with Gasteiger partial charge in [0.2, 0.25) is 0 Å². The lowest BCUT2D eigenvalue weighted by Crippen LogP contribution is -2.12. The minimum Gasteiger partial charge on any atom is -0.493 e. The molecule has 0 bridgehead atoms. The van der Waals surface area contributed by atoms with Crippen molar-refractivity contribution in [2.45, 2.75) is 20.3 Å². The van der Waals surface area contributed by atoms with Gasteiger partial charge in [0.1, 0.15) is 11.5 Å². The Bertz CT molecular complexity index is 1020. The number of ether oxygens (including phenoxy) is 3. The van der Waals surface area contributed by atoms with Gasteiger partial charge in [-0.05, 0) is 83.4 Å². The molecule has 3 aromatic rings. The molecule has 5 nitrogen and oxygen atoms in total. The molecule has 6 heteroatoms. The van der Waals surface area contributed by atoms with E-state index in [1.807, 2.05) is 50.2 Å². The summed E-state index contributed by atoms with van der Waals surface area (Å²) in [6.45, 7) is 4.61. The number of halogens is 1. The highest BCUT2D eigenvalue weighted by Gasteiger charge is 2.16. The highest BCUT2D eigenvalue weighted by molar-refractivity contribution is 9.10. The van der Waals surface area contributed by atoms with Gasteiger partial charge in [-0.25, -0.2) is 0 Å². The van der Waals surface area contributed by atoms with E-state index in [0.29, 0.717) is 39.6 Å². The van der Waals surface area contributed by atoms with Crippen molar-refractivity contribution in [1.29, 1.82) is 0 Å². The Balaban J connectivity index is 1.70. The first-order valence-electron chi connectivity index (χ1n) is 9.66. The summed E-state index contributed by atoms with van der Waals surface area (Å²) in [6.07, 6.45) is 0.876. The summed E-state index contributed by atoms with van der Waals surface area (Å²) in [6, 6.07) is 18.5. The van der Waals surface area contributed by atoms with Crippen LogP contribution in [0.4, 0.5) is 5.69 Å². The number of aryl methyl sites for hydroxylation is 1. The minimum absolute atomic E-state index is 0.247. The van der Waals surface area contributed by atoms with Crippen molar-refractivity contribution in [3.63, 3.8) is 0 Å². The molecule has 0 saturated heterocycles. The fraction of sp³-hybridized carbons (Fsp3) is 0.208. The minimum atomic E-state index is -0.247. The van der Waals surface area contributed by atoms with Crippen LogP contribution in [-0.2, 0) is 0 Å². The number of methoxy groups -OCH3 is 1. The lowest BCUT2D eigenvalue weighted by molar-refractivity contribution is 0.102. The van der Waals surface area contributed by atoms with Crippen LogP contribution in [0.2, 0.25) is 0 Å². The van der Waals surface area contributed by atoms with Crippen LogP contribution >= 0.6 is 15.9 Å². The zero-order valence-electron chi connectivity index (χ0n) is 17.2. The Hall–Kier alpha value is -2.99. The average Bonchev–Trinajstić information content (AvgIpc) is 2.73. The van der Waals surface area contributed by atoms with Crippen molar-refractivity contribution in [3.05, 3.63) is 76.3 Å². The normalized spacial score (nSPS) is 10.4. The van der Waals surface area contributed by atoms with Gasteiger partial charge in [-0.1, -0.05) is 19.1 Å². The van der Waals surface area contributed by atoms with Crippen LogP contribution in [0.25, 0.3) is 0 Å². The molecule has 0 atom stereocenters. The quantitative estimate of drug-likeness (QED) is 0.403. The number of amides is 1. The van der Waals surface area contributed by atoms with Crippen molar-refractivity contribution in [2.24, 2.45) is 0 Å². The Morgan fingerprint density at radius 1 is 1.03 bits per heavy atom. The monoisotopic (exact) mass is 469 g/mol. The van der Waals surface area contributed by atoms with Crippen molar-refractivity contribution < 1.29 is 19.0 Å². The standard InChI is InChI=1S/C24H24BrNO4/c1-4-12-29-23-21(25)14-17(15-22(23)28-3)24(27)26-18-8-10-19(11-9-18)30-20-7-5-6-16(2)13-20/h5-11,13-15H,4,12H2,1-3H3,(H,26,27). The number of hydrogen-bond acceptors (Lipinski definition) is 4. The maximum atomic E-state index is 12.7. The summed E-state index contributed by atoms with van der Waals surface area (Å²) < 4.78 is 17.6. The van der Waals surface area contributed by atoms with Crippen LogP contribution in [0.5, 0.6) is 23.0 Å². The predicted molar refractivity (Wildman–Crippen MR) is 122 cm³/mol. The molecule has 3 rings (SSSR count). The molecule has 30 heavy (non-hydrogen) atoms. The lowest BCUT2D eigenvalue weighted by Gasteiger charge is -2.14.